The Kier molecular flexibility index (Phi) is 4.02. The first-order chi connectivity index (χ1) is 8.20. The van der Waals surface area contributed by atoms with Crippen molar-refractivity contribution in [1.29, 1.82) is 0 Å². The van der Waals surface area contributed by atoms with Gasteiger partial charge in [0, 0.05) is 19.6 Å². The van der Waals surface area contributed by atoms with Crippen LogP contribution in [0.1, 0.15) is 19.8 Å². The zero-order valence-corrected chi connectivity index (χ0v) is 10.6. The first kappa shape index (κ1) is 12.4. The molecule has 5 nitrogen and oxygen atoms in total. The predicted octanol–water partition coefficient (Wildman–Crippen LogP) is 1.52. The summed E-state index contributed by atoms with van der Waals surface area (Å²) in [6, 6.07) is 0. The van der Waals surface area contributed by atoms with Crippen molar-refractivity contribution in [2.45, 2.75) is 25.9 Å². The highest BCUT2D eigenvalue weighted by atomic mass is 35.5. The van der Waals surface area contributed by atoms with Crippen molar-refractivity contribution in [3.05, 3.63) is 11.2 Å². The molecule has 0 amide bonds. The van der Waals surface area contributed by atoms with Crippen molar-refractivity contribution in [1.82, 2.24) is 9.97 Å². The van der Waals surface area contributed by atoms with Gasteiger partial charge < -0.3 is 15.3 Å². The van der Waals surface area contributed by atoms with Crippen LogP contribution in [0.5, 0.6) is 0 Å². The molecular formula is C11H17ClN4O. The van der Waals surface area contributed by atoms with Crippen molar-refractivity contribution in [3.8, 4) is 0 Å². The Morgan fingerprint density at radius 2 is 2.47 bits per heavy atom. The van der Waals surface area contributed by atoms with E-state index in [1.54, 1.807) is 6.20 Å². The minimum atomic E-state index is -0.294. The van der Waals surface area contributed by atoms with Crippen molar-refractivity contribution in [2.75, 3.05) is 29.9 Å². The summed E-state index contributed by atoms with van der Waals surface area (Å²) in [5.41, 5.74) is 0. The Morgan fingerprint density at radius 3 is 3.18 bits per heavy atom. The highest BCUT2D eigenvalue weighted by molar-refractivity contribution is 6.32. The SMILES string of the molecule is CCNc1ncc(Cl)c(N2CCCC(O)C2)n1. The maximum atomic E-state index is 9.66. The van der Waals surface area contributed by atoms with Crippen LogP contribution in [0.2, 0.25) is 5.02 Å². The fraction of sp³-hybridized carbons (Fsp3) is 0.636. The van der Waals surface area contributed by atoms with Crippen LogP contribution in [0.25, 0.3) is 0 Å². The molecule has 1 aliphatic rings. The van der Waals surface area contributed by atoms with Gasteiger partial charge in [-0.15, -0.1) is 0 Å². The van der Waals surface area contributed by atoms with Crippen molar-refractivity contribution in [3.63, 3.8) is 0 Å². The minimum Gasteiger partial charge on any atom is -0.391 e. The molecule has 1 saturated heterocycles. The molecule has 0 spiro atoms. The van der Waals surface area contributed by atoms with E-state index in [0.29, 0.717) is 23.3 Å². The second-order valence-corrected chi connectivity index (χ2v) is 4.54. The van der Waals surface area contributed by atoms with Crippen LogP contribution < -0.4 is 10.2 Å². The number of aliphatic hydroxyl groups excluding tert-OH is 1. The summed E-state index contributed by atoms with van der Waals surface area (Å²) in [6.07, 6.45) is 3.11. The summed E-state index contributed by atoms with van der Waals surface area (Å²) in [5, 5.41) is 13.2. The number of nitrogens with one attached hydrogen (secondary N) is 1. The van der Waals surface area contributed by atoms with Gasteiger partial charge in [0.2, 0.25) is 5.95 Å². The number of aliphatic hydroxyl groups is 1. The Hall–Kier alpha value is -1.07. The molecule has 0 aliphatic carbocycles. The van der Waals surface area contributed by atoms with Crippen LogP contribution >= 0.6 is 11.6 Å². The molecular weight excluding hydrogens is 240 g/mol. The second-order valence-electron chi connectivity index (χ2n) is 4.14. The Morgan fingerprint density at radius 1 is 1.65 bits per heavy atom. The van der Waals surface area contributed by atoms with E-state index in [9.17, 15) is 5.11 Å². The normalized spacial score (nSPS) is 20.4. The van der Waals surface area contributed by atoms with Gasteiger partial charge in [-0.25, -0.2) is 4.98 Å². The van der Waals surface area contributed by atoms with Crippen molar-refractivity contribution in [2.24, 2.45) is 0 Å². The third-order valence-corrected chi connectivity index (χ3v) is 3.02. The summed E-state index contributed by atoms with van der Waals surface area (Å²) in [5.74, 6) is 1.28. The number of β-amino-alcohol motifs (C(OH)–C–C–N with tert-alkyl or cyclic N) is 1. The minimum absolute atomic E-state index is 0.294. The molecule has 17 heavy (non-hydrogen) atoms. The molecule has 0 saturated carbocycles. The van der Waals surface area contributed by atoms with Gasteiger partial charge in [-0.2, -0.15) is 4.98 Å². The third kappa shape index (κ3) is 2.98. The fourth-order valence-corrected chi connectivity index (χ4v) is 2.18. The number of anilines is 2. The van der Waals surface area contributed by atoms with Crippen LogP contribution in [0, 0.1) is 0 Å². The van der Waals surface area contributed by atoms with Gasteiger partial charge >= 0.3 is 0 Å². The van der Waals surface area contributed by atoms with Crippen LogP contribution in [-0.4, -0.2) is 40.8 Å². The van der Waals surface area contributed by atoms with Gasteiger partial charge in [0.05, 0.1) is 12.3 Å². The van der Waals surface area contributed by atoms with Crippen molar-refractivity contribution < 1.29 is 5.11 Å². The van der Waals surface area contributed by atoms with E-state index in [-0.39, 0.29) is 6.10 Å². The van der Waals surface area contributed by atoms with Crippen molar-refractivity contribution >= 4 is 23.4 Å². The summed E-state index contributed by atoms with van der Waals surface area (Å²) in [4.78, 5) is 10.5. The molecule has 1 fully saturated rings. The standard InChI is InChI=1S/C11H17ClN4O/c1-2-13-11-14-6-9(12)10(15-11)16-5-3-4-8(17)7-16/h6,8,17H,2-5,7H2,1H3,(H,13,14,15). The molecule has 1 unspecified atom stereocenters. The summed E-state index contributed by atoms with van der Waals surface area (Å²) >= 11 is 6.10. The number of halogens is 1. The average molecular weight is 257 g/mol. The molecule has 2 rings (SSSR count). The van der Waals surface area contributed by atoms with E-state index in [1.807, 2.05) is 11.8 Å². The van der Waals surface area contributed by atoms with Crippen LogP contribution in [0.15, 0.2) is 6.20 Å². The molecule has 2 heterocycles. The molecule has 1 atom stereocenters. The number of aromatic nitrogens is 2. The van der Waals surface area contributed by atoms with Gasteiger partial charge in [-0.05, 0) is 19.8 Å². The molecule has 2 N–H and O–H groups in total. The molecule has 1 aliphatic heterocycles. The highest BCUT2D eigenvalue weighted by Gasteiger charge is 2.21. The average Bonchev–Trinajstić information content (AvgIpc) is 2.32. The lowest BCUT2D eigenvalue weighted by Crippen LogP contribution is -2.39. The number of hydrogen-bond acceptors (Lipinski definition) is 5. The van der Waals surface area contributed by atoms with Crippen LogP contribution in [0.3, 0.4) is 0 Å². The largest absolute Gasteiger partial charge is 0.391 e. The summed E-state index contributed by atoms with van der Waals surface area (Å²) < 4.78 is 0. The zero-order chi connectivity index (χ0) is 12.3. The lowest BCUT2D eigenvalue weighted by molar-refractivity contribution is 0.154. The van der Waals surface area contributed by atoms with Gasteiger partial charge in [-0.3, -0.25) is 0 Å². The maximum Gasteiger partial charge on any atom is 0.224 e. The lowest BCUT2D eigenvalue weighted by Gasteiger charge is -2.31. The molecule has 1 aromatic rings. The van der Waals surface area contributed by atoms with E-state index < -0.39 is 0 Å². The molecule has 0 bridgehead atoms. The quantitative estimate of drug-likeness (QED) is 0.859. The molecule has 1 aromatic heterocycles. The van der Waals surface area contributed by atoms with E-state index >= 15 is 0 Å². The summed E-state index contributed by atoms with van der Waals surface area (Å²) in [6.45, 7) is 4.22. The van der Waals surface area contributed by atoms with E-state index in [4.69, 9.17) is 11.6 Å². The molecule has 0 radical (unpaired) electrons. The first-order valence-electron chi connectivity index (χ1n) is 5.90. The monoisotopic (exact) mass is 256 g/mol. The number of piperidine rings is 1. The Balaban J connectivity index is 2.20. The number of hydrogen-bond donors (Lipinski definition) is 2. The molecule has 94 valence electrons. The smallest absolute Gasteiger partial charge is 0.224 e. The zero-order valence-electron chi connectivity index (χ0n) is 9.86. The van der Waals surface area contributed by atoms with Gasteiger partial charge in [-0.1, -0.05) is 11.6 Å². The third-order valence-electron chi connectivity index (χ3n) is 2.76. The van der Waals surface area contributed by atoms with E-state index in [2.05, 4.69) is 15.3 Å². The topological polar surface area (TPSA) is 61.3 Å². The van der Waals surface area contributed by atoms with Crippen LogP contribution in [-0.2, 0) is 0 Å². The molecule has 6 heteroatoms. The maximum absolute atomic E-state index is 9.66. The first-order valence-corrected chi connectivity index (χ1v) is 6.28. The van der Waals surface area contributed by atoms with E-state index in [0.717, 1.165) is 25.9 Å². The Bertz CT molecular complexity index is 388. The van der Waals surface area contributed by atoms with Gasteiger partial charge in [0.1, 0.15) is 5.02 Å². The van der Waals surface area contributed by atoms with Gasteiger partial charge in [0.25, 0.3) is 0 Å². The molecule has 0 aromatic carbocycles. The summed E-state index contributed by atoms with van der Waals surface area (Å²) in [7, 11) is 0. The van der Waals surface area contributed by atoms with E-state index in [1.165, 1.54) is 0 Å². The van der Waals surface area contributed by atoms with Crippen LogP contribution in [0.4, 0.5) is 11.8 Å². The Labute approximate surface area is 106 Å². The lowest BCUT2D eigenvalue weighted by atomic mass is 10.1. The van der Waals surface area contributed by atoms with Gasteiger partial charge in [0.15, 0.2) is 5.82 Å². The highest BCUT2D eigenvalue weighted by Crippen LogP contribution is 2.26. The number of nitrogens with zero attached hydrogens (tertiary/aromatic N) is 3. The fourth-order valence-electron chi connectivity index (χ4n) is 1.97. The predicted molar refractivity (Wildman–Crippen MR) is 68.7 cm³/mol. The second kappa shape index (κ2) is 5.51. The number of rotatable bonds is 3.